The number of likely N-dealkylation sites (tertiary alicyclic amines) is 1. The van der Waals surface area contributed by atoms with Gasteiger partial charge in [0.25, 0.3) is 5.69 Å². The SMILES string of the molecule is COCC1CCCN(Cc2ccc(Br)c([N+](=O)[O-])c2)C1. The summed E-state index contributed by atoms with van der Waals surface area (Å²) < 4.78 is 5.75. The topological polar surface area (TPSA) is 55.6 Å². The standard InChI is InChI=1S/C14H19BrN2O3/c1-20-10-12-3-2-6-16(9-12)8-11-4-5-13(15)14(7-11)17(18)19/h4-5,7,12H,2-3,6,8-10H2,1H3. The molecule has 0 radical (unpaired) electrons. The van der Waals surface area contributed by atoms with Gasteiger partial charge in [-0.05, 0) is 52.9 Å². The average Bonchev–Trinajstić information content (AvgIpc) is 2.41. The van der Waals surface area contributed by atoms with Crippen LogP contribution in [-0.4, -0.2) is 36.6 Å². The van der Waals surface area contributed by atoms with Crippen LogP contribution in [0.15, 0.2) is 22.7 Å². The zero-order valence-electron chi connectivity index (χ0n) is 11.5. The molecule has 0 amide bonds. The number of hydrogen-bond donors (Lipinski definition) is 0. The average molecular weight is 343 g/mol. The molecule has 110 valence electrons. The highest BCUT2D eigenvalue weighted by Crippen LogP contribution is 2.27. The maximum Gasteiger partial charge on any atom is 0.283 e. The highest BCUT2D eigenvalue weighted by atomic mass is 79.9. The molecule has 1 aromatic rings. The molecule has 1 unspecified atom stereocenters. The molecule has 0 aliphatic carbocycles. The van der Waals surface area contributed by atoms with Crippen molar-refractivity contribution in [3.05, 3.63) is 38.3 Å². The molecule has 1 fully saturated rings. The summed E-state index contributed by atoms with van der Waals surface area (Å²) in [5, 5.41) is 10.9. The minimum absolute atomic E-state index is 0.132. The molecule has 1 saturated heterocycles. The molecule has 2 rings (SSSR count). The van der Waals surface area contributed by atoms with Crippen molar-refractivity contribution in [3.63, 3.8) is 0 Å². The van der Waals surface area contributed by atoms with Crippen LogP contribution in [0.3, 0.4) is 0 Å². The van der Waals surface area contributed by atoms with Crippen molar-refractivity contribution >= 4 is 21.6 Å². The Morgan fingerprint density at radius 3 is 3.05 bits per heavy atom. The largest absolute Gasteiger partial charge is 0.384 e. The van der Waals surface area contributed by atoms with E-state index in [1.54, 1.807) is 19.2 Å². The van der Waals surface area contributed by atoms with E-state index in [-0.39, 0.29) is 10.6 Å². The summed E-state index contributed by atoms with van der Waals surface area (Å²) in [4.78, 5) is 12.9. The minimum atomic E-state index is -0.350. The van der Waals surface area contributed by atoms with Crippen LogP contribution in [0.5, 0.6) is 0 Å². The second-order valence-corrected chi connectivity index (χ2v) is 6.10. The van der Waals surface area contributed by atoms with Gasteiger partial charge in [0.1, 0.15) is 0 Å². The van der Waals surface area contributed by atoms with Crippen molar-refractivity contribution in [3.8, 4) is 0 Å². The molecule has 1 aliphatic rings. The van der Waals surface area contributed by atoms with Gasteiger partial charge in [-0.2, -0.15) is 0 Å². The van der Waals surface area contributed by atoms with Gasteiger partial charge in [-0.1, -0.05) is 6.07 Å². The van der Waals surface area contributed by atoms with E-state index in [1.165, 1.54) is 6.42 Å². The normalized spacial score (nSPS) is 20.0. The third-order valence-corrected chi connectivity index (χ3v) is 4.29. The van der Waals surface area contributed by atoms with E-state index in [0.717, 1.165) is 38.2 Å². The molecular weight excluding hydrogens is 324 g/mol. The summed E-state index contributed by atoms with van der Waals surface area (Å²) >= 11 is 3.21. The summed E-state index contributed by atoms with van der Waals surface area (Å²) in [6.45, 7) is 3.59. The molecule has 6 heteroatoms. The number of nitrogens with zero attached hydrogens (tertiary/aromatic N) is 2. The fraction of sp³-hybridized carbons (Fsp3) is 0.571. The van der Waals surface area contributed by atoms with E-state index in [1.807, 2.05) is 6.07 Å². The lowest BCUT2D eigenvalue weighted by Crippen LogP contribution is -2.36. The summed E-state index contributed by atoms with van der Waals surface area (Å²) in [6, 6.07) is 5.35. The summed E-state index contributed by atoms with van der Waals surface area (Å²) in [5.41, 5.74) is 1.12. The first-order chi connectivity index (χ1) is 9.60. The number of nitro benzene ring substituents is 1. The lowest BCUT2D eigenvalue weighted by Gasteiger charge is -2.32. The van der Waals surface area contributed by atoms with Gasteiger partial charge in [-0.25, -0.2) is 0 Å². The Bertz CT molecular complexity index is 479. The number of benzene rings is 1. The highest BCUT2D eigenvalue weighted by molar-refractivity contribution is 9.10. The van der Waals surface area contributed by atoms with Gasteiger partial charge in [-0.3, -0.25) is 15.0 Å². The predicted octanol–water partition coefficient (Wildman–Crippen LogP) is 3.22. The number of halogens is 1. The number of ether oxygens (including phenoxy) is 1. The zero-order valence-corrected chi connectivity index (χ0v) is 13.1. The monoisotopic (exact) mass is 342 g/mol. The van der Waals surface area contributed by atoms with Gasteiger partial charge in [0.2, 0.25) is 0 Å². The van der Waals surface area contributed by atoms with Crippen LogP contribution < -0.4 is 0 Å². The highest BCUT2D eigenvalue weighted by Gasteiger charge is 2.21. The fourth-order valence-electron chi connectivity index (χ4n) is 2.72. The second kappa shape index (κ2) is 7.15. The molecule has 5 nitrogen and oxygen atoms in total. The first-order valence-electron chi connectivity index (χ1n) is 6.74. The number of rotatable bonds is 5. The molecule has 0 aromatic heterocycles. The van der Waals surface area contributed by atoms with Crippen LogP contribution in [-0.2, 0) is 11.3 Å². The maximum atomic E-state index is 10.9. The molecule has 20 heavy (non-hydrogen) atoms. The predicted molar refractivity (Wildman–Crippen MR) is 80.7 cm³/mol. The smallest absolute Gasteiger partial charge is 0.283 e. The minimum Gasteiger partial charge on any atom is -0.384 e. The third-order valence-electron chi connectivity index (χ3n) is 3.62. The molecule has 0 saturated carbocycles. The Morgan fingerprint density at radius 1 is 1.55 bits per heavy atom. The van der Waals surface area contributed by atoms with Gasteiger partial charge < -0.3 is 4.74 Å². The molecular formula is C14H19BrN2O3. The van der Waals surface area contributed by atoms with Crippen LogP contribution in [0.2, 0.25) is 0 Å². The number of nitro groups is 1. The maximum absolute atomic E-state index is 10.9. The van der Waals surface area contributed by atoms with E-state index in [0.29, 0.717) is 10.4 Å². The Hall–Kier alpha value is -0.980. The Morgan fingerprint density at radius 2 is 2.35 bits per heavy atom. The van der Waals surface area contributed by atoms with E-state index < -0.39 is 0 Å². The lowest BCUT2D eigenvalue weighted by atomic mass is 9.98. The van der Waals surface area contributed by atoms with Crippen molar-refractivity contribution < 1.29 is 9.66 Å². The first-order valence-corrected chi connectivity index (χ1v) is 7.53. The van der Waals surface area contributed by atoms with Gasteiger partial charge in [0, 0.05) is 26.3 Å². The Balaban J connectivity index is 2.02. The first kappa shape index (κ1) is 15.4. The fourth-order valence-corrected chi connectivity index (χ4v) is 3.11. The van der Waals surface area contributed by atoms with E-state index in [2.05, 4.69) is 20.8 Å². The molecule has 0 N–H and O–H groups in total. The quantitative estimate of drug-likeness (QED) is 0.609. The van der Waals surface area contributed by atoms with Crippen LogP contribution in [0, 0.1) is 16.0 Å². The van der Waals surface area contributed by atoms with Gasteiger partial charge in [0.05, 0.1) is 16.0 Å². The summed E-state index contributed by atoms with van der Waals surface area (Å²) in [7, 11) is 1.73. The Labute approximate surface area is 127 Å². The molecule has 1 heterocycles. The molecule has 0 bridgehead atoms. The second-order valence-electron chi connectivity index (χ2n) is 5.24. The van der Waals surface area contributed by atoms with Crippen molar-refractivity contribution in [1.82, 2.24) is 4.90 Å². The van der Waals surface area contributed by atoms with Crippen molar-refractivity contribution in [2.45, 2.75) is 19.4 Å². The molecule has 1 aromatic carbocycles. The van der Waals surface area contributed by atoms with Gasteiger partial charge in [-0.15, -0.1) is 0 Å². The summed E-state index contributed by atoms with van der Waals surface area (Å²) in [5.74, 6) is 0.569. The van der Waals surface area contributed by atoms with Crippen LogP contribution in [0.25, 0.3) is 0 Å². The van der Waals surface area contributed by atoms with E-state index in [4.69, 9.17) is 4.74 Å². The van der Waals surface area contributed by atoms with E-state index >= 15 is 0 Å². The van der Waals surface area contributed by atoms with Gasteiger partial charge >= 0.3 is 0 Å². The Kier molecular flexibility index (Phi) is 5.51. The van der Waals surface area contributed by atoms with Gasteiger partial charge in [0.15, 0.2) is 0 Å². The van der Waals surface area contributed by atoms with Crippen LogP contribution >= 0.6 is 15.9 Å². The molecule has 1 atom stereocenters. The van der Waals surface area contributed by atoms with Crippen molar-refractivity contribution in [2.24, 2.45) is 5.92 Å². The third kappa shape index (κ3) is 4.01. The number of hydrogen-bond acceptors (Lipinski definition) is 4. The summed E-state index contributed by atoms with van der Waals surface area (Å²) in [6.07, 6.45) is 2.36. The van der Waals surface area contributed by atoms with Crippen molar-refractivity contribution in [1.29, 1.82) is 0 Å². The zero-order chi connectivity index (χ0) is 14.5. The number of piperidine rings is 1. The number of methoxy groups -OCH3 is 1. The van der Waals surface area contributed by atoms with Crippen molar-refractivity contribution in [2.75, 3.05) is 26.8 Å². The molecule has 0 spiro atoms. The van der Waals surface area contributed by atoms with Crippen LogP contribution in [0.1, 0.15) is 18.4 Å². The lowest BCUT2D eigenvalue weighted by molar-refractivity contribution is -0.385. The van der Waals surface area contributed by atoms with E-state index in [9.17, 15) is 10.1 Å². The van der Waals surface area contributed by atoms with Crippen LogP contribution in [0.4, 0.5) is 5.69 Å². The molecule has 1 aliphatic heterocycles.